The number of fused-ring (bicyclic) bond motifs is 3. The van der Waals surface area contributed by atoms with Crippen LogP contribution in [-0.2, 0) is 0 Å². The van der Waals surface area contributed by atoms with E-state index in [-0.39, 0.29) is 5.78 Å². The zero-order chi connectivity index (χ0) is 11.3. The Morgan fingerprint density at radius 3 is 1.56 bits per heavy atom. The third-order valence-electron chi connectivity index (χ3n) is 3.13. The molecule has 3 rings (SSSR count). The van der Waals surface area contributed by atoms with Gasteiger partial charge in [-0.3, -0.25) is 4.79 Å². The summed E-state index contributed by atoms with van der Waals surface area (Å²) in [6, 6.07) is 12.2. The lowest BCUT2D eigenvalue weighted by molar-refractivity contribution is 0.104. The van der Waals surface area contributed by atoms with Gasteiger partial charge in [0.1, 0.15) is 15.7 Å². The molecule has 0 saturated heterocycles. The topological polar surface area (TPSA) is 17.1 Å². The van der Waals surface area contributed by atoms with Crippen molar-refractivity contribution in [3.63, 3.8) is 0 Å². The number of carbonyl (C=O) groups excluding carboxylic acids is 1. The highest BCUT2D eigenvalue weighted by Crippen LogP contribution is 2.34. The molecule has 0 amide bonds. The summed E-state index contributed by atoms with van der Waals surface area (Å²) in [5.74, 6) is 0.164. The summed E-state index contributed by atoms with van der Waals surface area (Å²) in [5, 5.41) is 0. The predicted molar refractivity (Wildman–Crippen MR) is 71.7 cm³/mol. The van der Waals surface area contributed by atoms with Crippen LogP contribution >= 0.6 is 0 Å². The van der Waals surface area contributed by atoms with Crippen molar-refractivity contribution in [2.45, 2.75) is 0 Å². The SMILES string of the molecule is Bc1ccc2c(c1)C(=O)c1cc(B)ccc1-2. The van der Waals surface area contributed by atoms with Crippen molar-refractivity contribution >= 4 is 32.4 Å². The van der Waals surface area contributed by atoms with Crippen molar-refractivity contribution in [1.29, 1.82) is 0 Å². The van der Waals surface area contributed by atoms with E-state index in [9.17, 15) is 4.79 Å². The van der Waals surface area contributed by atoms with E-state index in [1.54, 1.807) is 0 Å². The van der Waals surface area contributed by atoms with Gasteiger partial charge in [-0.2, -0.15) is 0 Å². The molecule has 1 nitrogen and oxygen atoms in total. The second-order valence-electron chi connectivity index (χ2n) is 4.43. The summed E-state index contributed by atoms with van der Waals surface area (Å²) in [4.78, 5) is 12.2. The van der Waals surface area contributed by atoms with Gasteiger partial charge in [0.15, 0.2) is 5.78 Å². The monoisotopic (exact) mass is 204 g/mol. The van der Waals surface area contributed by atoms with Gasteiger partial charge in [-0.05, 0) is 11.1 Å². The average Bonchev–Trinajstić information content (AvgIpc) is 2.53. The second-order valence-corrected chi connectivity index (χ2v) is 4.43. The Bertz CT molecular complexity index is 564. The van der Waals surface area contributed by atoms with Crippen molar-refractivity contribution in [3.8, 4) is 11.1 Å². The van der Waals surface area contributed by atoms with Crippen molar-refractivity contribution in [1.82, 2.24) is 0 Å². The smallest absolute Gasteiger partial charge is 0.194 e. The highest BCUT2D eigenvalue weighted by atomic mass is 16.1. The molecule has 0 unspecified atom stereocenters. The van der Waals surface area contributed by atoms with Gasteiger partial charge in [0.25, 0.3) is 0 Å². The Morgan fingerprint density at radius 1 is 0.688 bits per heavy atom. The number of ketones is 1. The first kappa shape index (κ1) is 9.46. The van der Waals surface area contributed by atoms with E-state index in [0.717, 1.165) is 33.2 Å². The molecule has 0 bridgehead atoms. The highest BCUT2D eigenvalue weighted by molar-refractivity contribution is 6.35. The van der Waals surface area contributed by atoms with Gasteiger partial charge in [0.2, 0.25) is 0 Å². The summed E-state index contributed by atoms with van der Waals surface area (Å²) in [6.07, 6.45) is 0. The quantitative estimate of drug-likeness (QED) is 0.447. The molecular weight excluding hydrogens is 194 g/mol. The van der Waals surface area contributed by atoms with Gasteiger partial charge in [-0.1, -0.05) is 47.3 Å². The fourth-order valence-electron chi connectivity index (χ4n) is 2.31. The minimum absolute atomic E-state index is 0.164. The van der Waals surface area contributed by atoms with Crippen LogP contribution in [-0.4, -0.2) is 21.5 Å². The third kappa shape index (κ3) is 1.18. The zero-order valence-electron chi connectivity index (χ0n) is 9.37. The molecule has 0 saturated carbocycles. The van der Waals surface area contributed by atoms with Gasteiger partial charge < -0.3 is 0 Å². The summed E-state index contributed by atoms with van der Waals surface area (Å²) in [6.45, 7) is 0. The minimum Gasteiger partial charge on any atom is -0.289 e. The number of hydrogen-bond donors (Lipinski definition) is 0. The van der Waals surface area contributed by atoms with Crippen LogP contribution in [0.5, 0.6) is 0 Å². The molecule has 3 heteroatoms. The zero-order valence-corrected chi connectivity index (χ0v) is 9.37. The van der Waals surface area contributed by atoms with E-state index in [1.165, 1.54) is 0 Å². The van der Waals surface area contributed by atoms with E-state index < -0.39 is 0 Å². The molecule has 0 heterocycles. The van der Waals surface area contributed by atoms with Crippen LogP contribution in [0.2, 0.25) is 0 Å². The van der Waals surface area contributed by atoms with Crippen molar-refractivity contribution < 1.29 is 4.79 Å². The van der Waals surface area contributed by atoms with Crippen LogP contribution in [0.1, 0.15) is 15.9 Å². The summed E-state index contributed by atoms with van der Waals surface area (Å²) in [7, 11) is 4.03. The van der Waals surface area contributed by atoms with Gasteiger partial charge in [-0.15, -0.1) is 0 Å². The lowest BCUT2D eigenvalue weighted by atomic mass is 9.91. The average molecular weight is 204 g/mol. The predicted octanol–water partition coefficient (Wildman–Crippen LogP) is -0.585. The van der Waals surface area contributed by atoms with Crippen LogP contribution in [0.4, 0.5) is 0 Å². The Balaban J connectivity index is 2.34. The molecule has 0 aliphatic heterocycles. The first-order valence-corrected chi connectivity index (χ1v) is 5.43. The Hall–Kier alpha value is -1.76. The second kappa shape index (κ2) is 3.11. The molecule has 0 aromatic heterocycles. The summed E-state index contributed by atoms with van der Waals surface area (Å²) in [5.41, 5.74) is 6.12. The van der Waals surface area contributed by atoms with E-state index in [0.29, 0.717) is 0 Å². The first-order chi connectivity index (χ1) is 7.66. The fraction of sp³-hybridized carbons (Fsp3) is 0. The number of benzene rings is 2. The van der Waals surface area contributed by atoms with E-state index in [4.69, 9.17) is 0 Å². The molecule has 74 valence electrons. The largest absolute Gasteiger partial charge is 0.289 e. The first-order valence-electron chi connectivity index (χ1n) is 5.43. The standard InChI is InChI=1S/C13H10B2O/c14-7-1-3-9-10-4-2-8(15)6-12(10)13(16)11(9)5-7/h1-6H,14-15H2. The fourth-order valence-corrected chi connectivity index (χ4v) is 2.31. The maximum Gasteiger partial charge on any atom is 0.194 e. The molecule has 0 fully saturated rings. The minimum atomic E-state index is 0.164. The molecule has 0 radical (unpaired) electrons. The van der Waals surface area contributed by atoms with Gasteiger partial charge in [0, 0.05) is 11.1 Å². The van der Waals surface area contributed by atoms with Crippen LogP contribution in [0.3, 0.4) is 0 Å². The van der Waals surface area contributed by atoms with E-state index in [2.05, 4.69) is 12.1 Å². The lowest BCUT2D eigenvalue weighted by Gasteiger charge is -2.00. The van der Waals surface area contributed by atoms with Crippen LogP contribution in [0.15, 0.2) is 36.4 Å². The number of rotatable bonds is 0. The lowest BCUT2D eigenvalue weighted by Crippen LogP contribution is -2.07. The van der Waals surface area contributed by atoms with E-state index >= 15 is 0 Å². The van der Waals surface area contributed by atoms with Crippen LogP contribution in [0.25, 0.3) is 11.1 Å². The highest BCUT2D eigenvalue weighted by Gasteiger charge is 2.25. The van der Waals surface area contributed by atoms with Gasteiger partial charge in [0.05, 0.1) is 0 Å². The van der Waals surface area contributed by atoms with Gasteiger partial charge >= 0.3 is 0 Å². The molecule has 0 N–H and O–H groups in total. The molecule has 1 aliphatic carbocycles. The molecular formula is C13H10B2O. The Kier molecular flexibility index (Phi) is 1.84. The van der Waals surface area contributed by atoms with Crippen LogP contribution in [0, 0.1) is 0 Å². The molecule has 0 atom stereocenters. The summed E-state index contributed by atoms with van der Waals surface area (Å²) >= 11 is 0. The third-order valence-corrected chi connectivity index (χ3v) is 3.13. The van der Waals surface area contributed by atoms with Crippen molar-refractivity contribution in [2.75, 3.05) is 0 Å². The van der Waals surface area contributed by atoms with Crippen LogP contribution < -0.4 is 10.9 Å². The molecule has 16 heavy (non-hydrogen) atoms. The van der Waals surface area contributed by atoms with Gasteiger partial charge in [-0.25, -0.2) is 0 Å². The molecule has 0 spiro atoms. The number of hydrogen-bond acceptors (Lipinski definition) is 1. The molecule has 1 aliphatic rings. The van der Waals surface area contributed by atoms with E-state index in [1.807, 2.05) is 40.0 Å². The normalized spacial score (nSPS) is 12.4. The Morgan fingerprint density at radius 2 is 1.12 bits per heavy atom. The maximum absolute atomic E-state index is 12.2. The van der Waals surface area contributed by atoms with Crippen molar-refractivity contribution in [3.05, 3.63) is 47.5 Å². The molecule has 2 aromatic rings. The Labute approximate surface area is 96.3 Å². The molecule has 2 aromatic carbocycles. The summed E-state index contributed by atoms with van der Waals surface area (Å²) < 4.78 is 0. The number of carbonyl (C=O) groups is 1. The maximum atomic E-state index is 12.2. The van der Waals surface area contributed by atoms with Crippen molar-refractivity contribution in [2.24, 2.45) is 0 Å².